The summed E-state index contributed by atoms with van der Waals surface area (Å²) in [7, 11) is 0. The van der Waals surface area contributed by atoms with Crippen molar-refractivity contribution in [2.45, 2.75) is 52.4 Å². The third kappa shape index (κ3) is 3.95. The van der Waals surface area contributed by atoms with Crippen LogP contribution in [0.25, 0.3) is 0 Å². The van der Waals surface area contributed by atoms with Gasteiger partial charge in [-0.25, -0.2) is 0 Å². The molecule has 0 aromatic heterocycles. The fourth-order valence-corrected chi connectivity index (χ4v) is 2.33. The van der Waals surface area contributed by atoms with E-state index in [4.69, 9.17) is 5.11 Å². The number of carbonyl (C=O) groups is 2. The van der Waals surface area contributed by atoms with Gasteiger partial charge in [-0.15, -0.1) is 0 Å². The first kappa shape index (κ1) is 13.2. The molecule has 0 atom stereocenters. The lowest BCUT2D eigenvalue weighted by Gasteiger charge is -2.25. The molecule has 0 radical (unpaired) electrons. The van der Waals surface area contributed by atoms with Gasteiger partial charge in [-0.3, -0.25) is 9.59 Å². The van der Waals surface area contributed by atoms with Crippen LogP contribution in [0.5, 0.6) is 0 Å². The molecular weight excluding hydrogens is 204 g/mol. The van der Waals surface area contributed by atoms with Crippen LogP contribution in [-0.2, 0) is 9.59 Å². The van der Waals surface area contributed by atoms with Crippen molar-refractivity contribution in [1.82, 2.24) is 0 Å². The number of ketones is 1. The van der Waals surface area contributed by atoms with Crippen molar-refractivity contribution < 1.29 is 14.7 Å². The first-order chi connectivity index (χ1) is 7.50. The standard InChI is InChI=1S/C13H22O3/c1-9(2)12(14)8-5-10-3-6-11(7-4-10)13(15)16/h9-11H,3-8H2,1-2H3,(H,15,16). The summed E-state index contributed by atoms with van der Waals surface area (Å²) in [5.74, 6) is 0.239. The Morgan fingerprint density at radius 3 is 2.19 bits per heavy atom. The van der Waals surface area contributed by atoms with Gasteiger partial charge in [0.2, 0.25) is 0 Å². The zero-order chi connectivity index (χ0) is 12.1. The monoisotopic (exact) mass is 226 g/mol. The average molecular weight is 226 g/mol. The van der Waals surface area contributed by atoms with Crippen LogP contribution in [0.1, 0.15) is 52.4 Å². The van der Waals surface area contributed by atoms with Gasteiger partial charge in [0.1, 0.15) is 5.78 Å². The van der Waals surface area contributed by atoms with Gasteiger partial charge in [-0.05, 0) is 38.0 Å². The molecule has 16 heavy (non-hydrogen) atoms. The molecule has 0 heterocycles. The van der Waals surface area contributed by atoms with E-state index in [0.717, 1.165) is 32.1 Å². The molecule has 0 unspecified atom stereocenters. The summed E-state index contributed by atoms with van der Waals surface area (Å²) < 4.78 is 0. The Bertz CT molecular complexity index is 250. The first-order valence-electron chi connectivity index (χ1n) is 6.26. The van der Waals surface area contributed by atoms with Gasteiger partial charge in [-0.2, -0.15) is 0 Å². The fourth-order valence-electron chi connectivity index (χ4n) is 2.33. The molecule has 0 bridgehead atoms. The van der Waals surface area contributed by atoms with Gasteiger partial charge in [-0.1, -0.05) is 13.8 Å². The summed E-state index contributed by atoms with van der Waals surface area (Å²) in [5.41, 5.74) is 0. The molecular formula is C13H22O3. The predicted octanol–water partition coefficient (Wildman–Crippen LogP) is 2.88. The molecule has 3 heteroatoms. The lowest BCUT2D eigenvalue weighted by molar-refractivity contribution is -0.143. The first-order valence-corrected chi connectivity index (χ1v) is 6.26. The lowest BCUT2D eigenvalue weighted by atomic mass is 9.79. The lowest BCUT2D eigenvalue weighted by Crippen LogP contribution is -2.22. The summed E-state index contributed by atoms with van der Waals surface area (Å²) in [4.78, 5) is 22.2. The van der Waals surface area contributed by atoms with Crippen molar-refractivity contribution in [2.75, 3.05) is 0 Å². The van der Waals surface area contributed by atoms with Crippen LogP contribution in [0.2, 0.25) is 0 Å². The summed E-state index contributed by atoms with van der Waals surface area (Å²) in [6.45, 7) is 3.87. The Balaban J connectivity index is 2.22. The SMILES string of the molecule is CC(C)C(=O)CCC1CCC(C(=O)O)CC1. The van der Waals surface area contributed by atoms with Gasteiger partial charge in [0, 0.05) is 12.3 Å². The molecule has 3 nitrogen and oxygen atoms in total. The minimum Gasteiger partial charge on any atom is -0.481 e. The van der Waals surface area contributed by atoms with E-state index >= 15 is 0 Å². The minimum atomic E-state index is -0.656. The second kappa shape index (κ2) is 6.02. The molecule has 1 rings (SSSR count). The average Bonchev–Trinajstić information content (AvgIpc) is 2.26. The summed E-state index contributed by atoms with van der Waals surface area (Å²) >= 11 is 0. The minimum absolute atomic E-state index is 0.135. The van der Waals surface area contributed by atoms with Crippen LogP contribution in [0.4, 0.5) is 0 Å². The summed E-state index contributed by atoms with van der Waals surface area (Å²) in [5, 5.41) is 8.86. The van der Waals surface area contributed by atoms with Gasteiger partial charge in [0.25, 0.3) is 0 Å². The molecule has 0 aliphatic heterocycles. The van der Waals surface area contributed by atoms with Crippen LogP contribution in [0.3, 0.4) is 0 Å². The molecule has 1 aliphatic carbocycles. The van der Waals surface area contributed by atoms with E-state index in [2.05, 4.69) is 0 Å². The maximum Gasteiger partial charge on any atom is 0.306 e. The van der Waals surface area contributed by atoms with Crippen LogP contribution in [-0.4, -0.2) is 16.9 Å². The Morgan fingerprint density at radius 1 is 1.19 bits per heavy atom. The molecule has 92 valence electrons. The van der Waals surface area contributed by atoms with Crippen LogP contribution < -0.4 is 0 Å². The summed E-state index contributed by atoms with van der Waals surface area (Å²) in [6.07, 6.45) is 5.14. The van der Waals surface area contributed by atoms with Crippen molar-refractivity contribution in [3.05, 3.63) is 0 Å². The van der Waals surface area contributed by atoms with E-state index in [1.165, 1.54) is 0 Å². The zero-order valence-electron chi connectivity index (χ0n) is 10.2. The third-order valence-corrected chi connectivity index (χ3v) is 3.64. The highest BCUT2D eigenvalue weighted by Crippen LogP contribution is 2.31. The molecule has 1 fully saturated rings. The number of hydrogen-bond donors (Lipinski definition) is 1. The number of rotatable bonds is 5. The Kier molecular flexibility index (Phi) is 4.97. The number of carboxylic acids is 1. The van der Waals surface area contributed by atoms with E-state index in [0.29, 0.717) is 18.1 Å². The molecule has 1 aliphatic rings. The van der Waals surface area contributed by atoms with E-state index in [1.807, 2.05) is 13.8 Å². The van der Waals surface area contributed by atoms with Crippen molar-refractivity contribution in [3.63, 3.8) is 0 Å². The largest absolute Gasteiger partial charge is 0.481 e. The van der Waals surface area contributed by atoms with Crippen LogP contribution in [0.15, 0.2) is 0 Å². The highest BCUT2D eigenvalue weighted by molar-refractivity contribution is 5.80. The van der Waals surface area contributed by atoms with Crippen molar-refractivity contribution in [1.29, 1.82) is 0 Å². The summed E-state index contributed by atoms with van der Waals surface area (Å²) in [6, 6.07) is 0. The molecule has 1 saturated carbocycles. The second-order valence-corrected chi connectivity index (χ2v) is 5.22. The second-order valence-electron chi connectivity index (χ2n) is 5.22. The zero-order valence-corrected chi connectivity index (χ0v) is 10.2. The normalized spacial score (nSPS) is 25.7. The topological polar surface area (TPSA) is 54.4 Å². The van der Waals surface area contributed by atoms with E-state index < -0.39 is 5.97 Å². The van der Waals surface area contributed by atoms with E-state index in [-0.39, 0.29) is 11.8 Å². The number of hydrogen-bond acceptors (Lipinski definition) is 2. The number of aliphatic carboxylic acids is 1. The Morgan fingerprint density at radius 2 is 1.75 bits per heavy atom. The number of carboxylic acid groups (broad SMARTS) is 1. The number of carbonyl (C=O) groups excluding carboxylic acids is 1. The van der Waals surface area contributed by atoms with Crippen LogP contribution in [0, 0.1) is 17.8 Å². The Labute approximate surface area is 97.2 Å². The van der Waals surface area contributed by atoms with E-state index in [9.17, 15) is 9.59 Å². The van der Waals surface area contributed by atoms with Gasteiger partial charge in [0.15, 0.2) is 0 Å². The van der Waals surface area contributed by atoms with Gasteiger partial charge >= 0.3 is 5.97 Å². The van der Waals surface area contributed by atoms with Gasteiger partial charge < -0.3 is 5.11 Å². The number of Topliss-reactive ketones (excluding diaryl/α,β-unsaturated/α-hetero) is 1. The van der Waals surface area contributed by atoms with Crippen molar-refractivity contribution in [2.24, 2.45) is 17.8 Å². The molecule has 0 spiro atoms. The maximum atomic E-state index is 11.5. The molecule has 0 saturated heterocycles. The van der Waals surface area contributed by atoms with Gasteiger partial charge in [0.05, 0.1) is 5.92 Å². The Hall–Kier alpha value is -0.860. The third-order valence-electron chi connectivity index (χ3n) is 3.64. The quantitative estimate of drug-likeness (QED) is 0.784. The fraction of sp³-hybridized carbons (Fsp3) is 0.846. The molecule has 1 N–H and O–H groups in total. The van der Waals surface area contributed by atoms with Crippen LogP contribution >= 0.6 is 0 Å². The predicted molar refractivity (Wildman–Crippen MR) is 62.2 cm³/mol. The molecule has 0 aromatic rings. The highest BCUT2D eigenvalue weighted by atomic mass is 16.4. The molecule has 0 amide bonds. The molecule has 0 aromatic carbocycles. The maximum absolute atomic E-state index is 11.5. The van der Waals surface area contributed by atoms with Crippen molar-refractivity contribution >= 4 is 11.8 Å². The smallest absolute Gasteiger partial charge is 0.306 e. The van der Waals surface area contributed by atoms with Crippen molar-refractivity contribution in [3.8, 4) is 0 Å². The van der Waals surface area contributed by atoms with E-state index in [1.54, 1.807) is 0 Å². The highest BCUT2D eigenvalue weighted by Gasteiger charge is 2.26.